The van der Waals surface area contributed by atoms with E-state index in [-0.39, 0.29) is 23.0 Å². The zero-order valence-electron chi connectivity index (χ0n) is 14.5. The molecular weight excluding hydrogens is 344 g/mol. The van der Waals surface area contributed by atoms with Crippen molar-refractivity contribution in [2.24, 2.45) is 0 Å². The fourth-order valence-electron chi connectivity index (χ4n) is 2.94. The first-order valence-corrected chi connectivity index (χ1v) is 10.9. The minimum Gasteiger partial charge on any atom is -0.477 e. The zero-order chi connectivity index (χ0) is 17.5. The largest absolute Gasteiger partial charge is 0.477 e. The minimum atomic E-state index is -0.976. The number of carbonyl (C=O) groups excluding carboxylic acids is 1. The molecule has 0 radical (unpaired) electrons. The fourth-order valence-corrected chi connectivity index (χ4v) is 5.61. The maximum absolute atomic E-state index is 12.4. The third-order valence-corrected chi connectivity index (χ3v) is 6.95. The van der Waals surface area contributed by atoms with Crippen LogP contribution in [0.25, 0.3) is 0 Å². The normalized spacial score (nSPS) is 23.2. The third kappa shape index (κ3) is 4.49. The van der Waals surface area contributed by atoms with Crippen molar-refractivity contribution >= 4 is 35.4 Å². The van der Waals surface area contributed by atoms with Gasteiger partial charge in [0.15, 0.2) is 0 Å². The molecule has 0 spiro atoms. The summed E-state index contributed by atoms with van der Waals surface area (Å²) in [5.41, 5.74) is 0.219. The van der Waals surface area contributed by atoms with Gasteiger partial charge in [0, 0.05) is 10.7 Å². The van der Waals surface area contributed by atoms with Crippen molar-refractivity contribution in [3.8, 4) is 0 Å². The van der Waals surface area contributed by atoms with Crippen LogP contribution < -0.4 is 5.32 Å². The third-order valence-electron chi connectivity index (χ3n) is 4.30. The predicted octanol–water partition coefficient (Wildman–Crippen LogP) is 3.27. The summed E-state index contributed by atoms with van der Waals surface area (Å²) in [7, 11) is 0. The number of hydrogen-bond donors (Lipinski definition) is 2. The number of fused-ring (bicyclic) bond motifs is 1. The second-order valence-corrected chi connectivity index (χ2v) is 8.48. The van der Waals surface area contributed by atoms with Gasteiger partial charge in [0.25, 0.3) is 0 Å². The van der Waals surface area contributed by atoms with Crippen molar-refractivity contribution in [3.05, 3.63) is 10.6 Å². The monoisotopic (exact) mass is 372 g/mol. The van der Waals surface area contributed by atoms with Crippen LogP contribution >= 0.6 is 23.5 Å². The lowest BCUT2D eigenvalue weighted by Crippen LogP contribution is -2.69. The van der Waals surface area contributed by atoms with Gasteiger partial charge in [0.2, 0.25) is 5.91 Å². The topological polar surface area (TPSA) is 69.6 Å². The van der Waals surface area contributed by atoms with Crippen LogP contribution in [0.2, 0.25) is 0 Å². The number of nitrogens with zero attached hydrogens (tertiary/aromatic N) is 1. The van der Waals surface area contributed by atoms with Crippen molar-refractivity contribution < 1.29 is 14.7 Å². The Kier molecular flexibility index (Phi) is 7.97. The van der Waals surface area contributed by atoms with Crippen molar-refractivity contribution in [1.82, 2.24) is 10.2 Å². The molecule has 2 aliphatic heterocycles. The van der Waals surface area contributed by atoms with E-state index in [2.05, 4.69) is 19.2 Å². The van der Waals surface area contributed by atoms with Gasteiger partial charge < -0.3 is 10.4 Å². The lowest BCUT2D eigenvalue weighted by atomic mass is 10.0. The van der Waals surface area contributed by atoms with E-state index >= 15 is 0 Å². The lowest BCUT2D eigenvalue weighted by molar-refractivity contribution is -0.149. The first-order chi connectivity index (χ1) is 11.6. The van der Waals surface area contributed by atoms with E-state index in [0.717, 1.165) is 55.7 Å². The van der Waals surface area contributed by atoms with Gasteiger partial charge in [-0.15, -0.1) is 23.5 Å². The first kappa shape index (κ1) is 19.7. The van der Waals surface area contributed by atoms with Gasteiger partial charge in [-0.2, -0.15) is 0 Å². The van der Waals surface area contributed by atoms with Gasteiger partial charge in [0.1, 0.15) is 17.1 Å². The van der Waals surface area contributed by atoms with Gasteiger partial charge in [-0.3, -0.25) is 9.69 Å². The summed E-state index contributed by atoms with van der Waals surface area (Å²) in [6, 6.07) is -0.229. The molecule has 0 aromatic carbocycles. The highest BCUT2D eigenvalue weighted by atomic mass is 32.2. The highest BCUT2D eigenvalue weighted by Crippen LogP contribution is 2.43. The van der Waals surface area contributed by atoms with E-state index < -0.39 is 5.97 Å². The molecule has 2 atom stereocenters. The molecule has 0 aliphatic carbocycles. The summed E-state index contributed by atoms with van der Waals surface area (Å²) in [4.78, 5) is 26.5. The Balaban J connectivity index is 1.97. The van der Waals surface area contributed by atoms with E-state index in [9.17, 15) is 14.7 Å². The number of nitrogens with one attached hydrogen (secondary N) is 1. The second-order valence-electron chi connectivity index (χ2n) is 6.18. The summed E-state index contributed by atoms with van der Waals surface area (Å²) >= 11 is 3.29. The van der Waals surface area contributed by atoms with Gasteiger partial charge in [0.05, 0.1) is 0 Å². The van der Waals surface area contributed by atoms with Gasteiger partial charge >= 0.3 is 5.97 Å². The Labute approximate surface area is 153 Å². The van der Waals surface area contributed by atoms with Crippen LogP contribution in [0.5, 0.6) is 0 Å². The Bertz CT molecular complexity index is 496. The smallest absolute Gasteiger partial charge is 0.353 e. The summed E-state index contributed by atoms with van der Waals surface area (Å²) in [6.07, 6.45) is 6.74. The lowest BCUT2D eigenvalue weighted by Gasteiger charge is -2.49. The molecule has 1 fully saturated rings. The van der Waals surface area contributed by atoms with Crippen LogP contribution in [-0.2, 0) is 9.59 Å². The summed E-state index contributed by atoms with van der Waals surface area (Å²) in [5, 5.41) is 12.8. The minimum absolute atomic E-state index is 0.0646. The number of β-lactam (4-membered cyclic amide) rings is 1. The fraction of sp³-hybridized carbons (Fsp3) is 0.765. The number of hydrogen-bond acceptors (Lipinski definition) is 5. The molecule has 0 saturated carbocycles. The molecule has 0 aromatic heterocycles. The highest BCUT2D eigenvalue weighted by molar-refractivity contribution is 8.06. The second kappa shape index (κ2) is 9.73. The van der Waals surface area contributed by atoms with Gasteiger partial charge in [-0.1, -0.05) is 39.5 Å². The molecule has 7 heteroatoms. The standard InChI is InChI=1S/C17H28N2O3S2/c1-3-5-7-9-18-13-15(20)19-14(17(21)22)12(11-24-16(13)19)23-10-8-6-4-2/h13,16,18H,3-11H2,1-2H3,(H,21,22)/t13-,16-/m1/s1. The number of amides is 1. The van der Waals surface area contributed by atoms with Crippen LogP contribution in [0.4, 0.5) is 0 Å². The average molecular weight is 373 g/mol. The Morgan fingerprint density at radius 3 is 2.67 bits per heavy atom. The molecule has 2 N–H and O–H groups in total. The van der Waals surface area contributed by atoms with Crippen LogP contribution in [0.1, 0.15) is 52.4 Å². The molecule has 0 aromatic rings. The molecule has 1 saturated heterocycles. The molecule has 5 nitrogen and oxygen atoms in total. The molecule has 2 heterocycles. The Hall–Kier alpha value is -0.660. The van der Waals surface area contributed by atoms with E-state index in [1.165, 1.54) is 4.90 Å². The number of unbranched alkanes of at least 4 members (excludes halogenated alkanes) is 4. The Morgan fingerprint density at radius 2 is 2.00 bits per heavy atom. The van der Waals surface area contributed by atoms with Gasteiger partial charge in [-0.25, -0.2) is 4.79 Å². The molecule has 136 valence electrons. The number of thioether (sulfide) groups is 2. The maximum Gasteiger partial charge on any atom is 0.353 e. The van der Waals surface area contributed by atoms with Crippen molar-refractivity contribution in [2.45, 2.75) is 63.8 Å². The van der Waals surface area contributed by atoms with E-state index in [1.807, 2.05) is 0 Å². The van der Waals surface area contributed by atoms with Crippen LogP contribution in [0.3, 0.4) is 0 Å². The maximum atomic E-state index is 12.4. The highest BCUT2D eigenvalue weighted by Gasteiger charge is 2.53. The van der Waals surface area contributed by atoms with Crippen molar-refractivity contribution in [2.75, 3.05) is 18.1 Å². The molecule has 24 heavy (non-hydrogen) atoms. The number of carboxylic acids is 1. The quantitative estimate of drug-likeness (QED) is 0.428. The SMILES string of the molecule is CCCCCN[C@@H]1C(=O)N2C(C(=O)O)=C(SCCCCC)CS[C@H]12. The zero-order valence-corrected chi connectivity index (χ0v) is 16.2. The molecule has 0 unspecified atom stereocenters. The number of carboxylic acid groups (broad SMARTS) is 1. The van der Waals surface area contributed by atoms with Crippen LogP contribution in [0, 0.1) is 0 Å². The number of aliphatic carboxylic acids is 1. The summed E-state index contributed by atoms with van der Waals surface area (Å²) in [6.45, 7) is 5.12. The summed E-state index contributed by atoms with van der Waals surface area (Å²) < 4.78 is 0. The molecule has 2 rings (SSSR count). The molecule has 1 amide bonds. The average Bonchev–Trinajstić information content (AvgIpc) is 2.57. The Morgan fingerprint density at radius 1 is 1.29 bits per heavy atom. The summed E-state index contributed by atoms with van der Waals surface area (Å²) in [5.74, 6) is 0.551. The predicted molar refractivity (Wildman–Crippen MR) is 101 cm³/mol. The molecule has 2 aliphatic rings. The number of carbonyl (C=O) groups is 2. The van der Waals surface area contributed by atoms with E-state index in [1.54, 1.807) is 23.5 Å². The molecular formula is C17H28N2O3S2. The molecule has 0 bridgehead atoms. The van der Waals surface area contributed by atoms with Crippen molar-refractivity contribution in [1.29, 1.82) is 0 Å². The van der Waals surface area contributed by atoms with E-state index in [4.69, 9.17) is 0 Å². The van der Waals surface area contributed by atoms with Crippen LogP contribution in [-0.4, -0.2) is 51.3 Å². The first-order valence-electron chi connectivity index (χ1n) is 8.89. The number of rotatable bonds is 11. The van der Waals surface area contributed by atoms with Gasteiger partial charge in [-0.05, 0) is 25.1 Å². The van der Waals surface area contributed by atoms with Crippen molar-refractivity contribution in [3.63, 3.8) is 0 Å². The van der Waals surface area contributed by atoms with E-state index in [0.29, 0.717) is 5.75 Å². The van der Waals surface area contributed by atoms with Crippen LogP contribution in [0.15, 0.2) is 10.6 Å².